The minimum Gasteiger partial charge on any atom is -0.497 e. The van der Waals surface area contributed by atoms with E-state index in [9.17, 15) is 9.59 Å². The van der Waals surface area contributed by atoms with Gasteiger partial charge in [-0.3, -0.25) is 9.59 Å². The molecular formula is C28H32N2O3S. The van der Waals surface area contributed by atoms with Gasteiger partial charge in [0.25, 0.3) is 0 Å². The van der Waals surface area contributed by atoms with E-state index in [1.54, 1.807) is 30.8 Å². The Bertz CT molecular complexity index is 1070. The van der Waals surface area contributed by atoms with Crippen molar-refractivity contribution in [3.05, 3.63) is 95.6 Å². The van der Waals surface area contributed by atoms with E-state index in [0.29, 0.717) is 25.1 Å². The second kappa shape index (κ2) is 12.8. The molecule has 0 heterocycles. The third-order valence-corrected chi connectivity index (χ3v) is 6.62. The number of likely N-dealkylation sites (N-methyl/N-ethyl adjacent to an activating group) is 1. The molecule has 0 saturated carbocycles. The minimum absolute atomic E-state index is 0.0491. The lowest BCUT2D eigenvalue weighted by molar-refractivity contribution is -0.140. The summed E-state index contributed by atoms with van der Waals surface area (Å²) < 4.78 is 5.36. The maximum Gasteiger partial charge on any atom is 0.242 e. The number of nitrogens with zero attached hydrogens (tertiary/aromatic N) is 1. The van der Waals surface area contributed by atoms with Gasteiger partial charge in [0.05, 0.1) is 7.11 Å². The second-order valence-electron chi connectivity index (χ2n) is 8.10. The summed E-state index contributed by atoms with van der Waals surface area (Å²) in [5.41, 5.74) is 3.13. The maximum absolute atomic E-state index is 13.5. The number of aryl methyl sites for hydroxylation is 1. The zero-order valence-electron chi connectivity index (χ0n) is 20.0. The highest BCUT2D eigenvalue weighted by Gasteiger charge is 2.29. The zero-order chi connectivity index (χ0) is 24.3. The SMILES string of the molecule is CNC(=O)C(Cc1ccccc1)N(Cc1cccc(OC)c1)C(=O)CCSc1ccc(C)cc1. The van der Waals surface area contributed by atoms with Crippen LogP contribution in [0.2, 0.25) is 0 Å². The van der Waals surface area contributed by atoms with Crippen LogP contribution in [0, 0.1) is 6.92 Å². The number of nitrogens with one attached hydrogen (secondary N) is 1. The molecule has 0 aromatic heterocycles. The van der Waals surface area contributed by atoms with Gasteiger partial charge in [-0.25, -0.2) is 0 Å². The monoisotopic (exact) mass is 476 g/mol. The number of benzene rings is 3. The van der Waals surface area contributed by atoms with Crippen molar-refractivity contribution in [2.24, 2.45) is 0 Å². The lowest BCUT2D eigenvalue weighted by Crippen LogP contribution is -2.49. The predicted molar refractivity (Wildman–Crippen MR) is 138 cm³/mol. The predicted octanol–water partition coefficient (Wildman–Crippen LogP) is 4.87. The molecule has 0 aliphatic rings. The number of carbonyl (C=O) groups is 2. The van der Waals surface area contributed by atoms with E-state index in [-0.39, 0.29) is 11.8 Å². The third kappa shape index (κ3) is 7.39. The van der Waals surface area contributed by atoms with E-state index < -0.39 is 6.04 Å². The molecule has 0 radical (unpaired) electrons. The molecule has 0 aliphatic carbocycles. The fraction of sp³-hybridized carbons (Fsp3) is 0.286. The molecule has 0 bridgehead atoms. The average molecular weight is 477 g/mol. The fourth-order valence-corrected chi connectivity index (χ4v) is 4.56. The van der Waals surface area contributed by atoms with Crippen LogP contribution in [0.15, 0.2) is 83.8 Å². The summed E-state index contributed by atoms with van der Waals surface area (Å²) in [5, 5.41) is 2.75. The Morgan fingerprint density at radius 2 is 1.68 bits per heavy atom. The van der Waals surface area contributed by atoms with E-state index in [4.69, 9.17) is 4.74 Å². The van der Waals surface area contributed by atoms with Crippen LogP contribution < -0.4 is 10.1 Å². The smallest absolute Gasteiger partial charge is 0.242 e. The van der Waals surface area contributed by atoms with Crippen LogP contribution in [0.3, 0.4) is 0 Å². The summed E-state index contributed by atoms with van der Waals surface area (Å²) in [7, 11) is 3.23. The van der Waals surface area contributed by atoms with Crippen LogP contribution in [-0.4, -0.2) is 42.7 Å². The van der Waals surface area contributed by atoms with Gasteiger partial charge in [0.2, 0.25) is 11.8 Å². The van der Waals surface area contributed by atoms with E-state index in [0.717, 1.165) is 21.8 Å². The molecule has 3 rings (SSSR count). The molecule has 0 fully saturated rings. The molecule has 0 spiro atoms. The number of hydrogen-bond acceptors (Lipinski definition) is 4. The van der Waals surface area contributed by atoms with Crippen LogP contribution in [0.1, 0.15) is 23.1 Å². The quantitative estimate of drug-likeness (QED) is 0.401. The molecule has 1 unspecified atom stereocenters. The summed E-state index contributed by atoms with van der Waals surface area (Å²) >= 11 is 1.65. The van der Waals surface area contributed by atoms with Crippen molar-refractivity contribution in [1.82, 2.24) is 10.2 Å². The van der Waals surface area contributed by atoms with Gasteiger partial charge in [0.1, 0.15) is 11.8 Å². The highest BCUT2D eigenvalue weighted by atomic mass is 32.2. The molecular weight excluding hydrogens is 444 g/mol. The number of hydrogen-bond donors (Lipinski definition) is 1. The number of carbonyl (C=O) groups excluding carboxylic acids is 2. The van der Waals surface area contributed by atoms with Crippen molar-refractivity contribution >= 4 is 23.6 Å². The van der Waals surface area contributed by atoms with Crippen molar-refractivity contribution in [1.29, 1.82) is 0 Å². The molecule has 6 heteroatoms. The van der Waals surface area contributed by atoms with E-state index in [1.807, 2.05) is 54.6 Å². The highest BCUT2D eigenvalue weighted by molar-refractivity contribution is 7.99. The zero-order valence-corrected chi connectivity index (χ0v) is 20.8. The summed E-state index contributed by atoms with van der Waals surface area (Å²) in [6.45, 7) is 2.39. The molecule has 3 aromatic rings. The van der Waals surface area contributed by atoms with Gasteiger partial charge in [-0.1, -0.05) is 60.2 Å². The number of rotatable bonds is 11. The largest absolute Gasteiger partial charge is 0.497 e. The molecule has 0 saturated heterocycles. The van der Waals surface area contributed by atoms with Crippen LogP contribution in [0.5, 0.6) is 5.75 Å². The second-order valence-corrected chi connectivity index (χ2v) is 9.27. The van der Waals surface area contributed by atoms with E-state index >= 15 is 0 Å². The molecule has 0 aliphatic heterocycles. The van der Waals surface area contributed by atoms with Crippen LogP contribution in [-0.2, 0) is 22.6 Å². The Morgan fingerprint density at radius 3 is 2.35 bits per heavy atom. The van der Waals surface area contributed by atoms with Crippen molar-refractivity contribution in [3.63, 3.8) is 0 Å². The van der Waals surface area contributed by atoms with Crippen LogP contribution in [0.4, 0.5) is 0 Å². The Hall–Kier alpha value is -3.25. The van der Waals surface area contributed by atoms with E-state index in [1.165, 1.54) is 5.56 Å². The third-order valence-electron chi connectivity index (χ3n) is 5.61. The first kappa shape index (κ1) is 25.4. The van der Waals surface area contributed by atoms with Crippen molar-refractivity contribution in [2.75, 3.05) is 19.9 Å². The molecule has 1 atom stereocenters. The van der Waals surface area contributed by atoms with Gasteiger partial charge in [0, 0.05) is 37.1 Å². The van der Waals surface area contributed by atoms with Gasteiger partial charge in [-0.05, 0) is 42.3 Å². The fourth-order valence-electron chi connectivity index (χ4n) is 3.72. The number of methoxy groups -OCH3 is 1. The maximum atomic E-state index is 13.5. The topological polar surface area (TPSA) is 58.6 Å². The van der Waals surface area contributed by atoms with Crippen LogP contribution >= 0.6 is 11.8 Å². The van der Waals surface area contributed by atoms with Gasteiger partial charge in [-0.15, -0.1) is 11.8 Å². The first-order valence-corrected chi connectivity index (χ1v) is 12.4. The summed E-state index contributed by atoms with van der Waals surface area (Å²) in [6, 6.07) is 25.1. The Labute approximate surface area is 206 Å². The number of thioether (sulfide) groups is 1. The van der Waals surface area contributed by atoms with Crippen LogP contribution in [0.25, 0.3) is 0 Å². The molecule has 34 heavy (non-hydrogen) atoms. The summed E-state index contributed by atoms with van der Waals surface area (Å²) in [4.78, 5) is 29.3. The lowest BCUT2D eigenvalue weighted by atomic mass is 10.0. The van der Waals surface area contributed by atoms with Gasteiger partial charge >= 0.3 is 0 Å². The molecule has 178 valence electrons. The van der Waals surface area contributed by atoms with Gasteiger partial charge in [0.15, 0.2) is 0 Å². The summed E-state index contributed by atoms with van der Waals surface area (Å²) in [5.74, 6) is 1.14. The normalized spacial score (nSPS) is 11.5. The van der Waals surface area contributed by atoms with Crippen molar-refractivity contribution in [2.45, 2.75) is 37.2 Å². The van der Waals surface area contributed by atoms with Gasteiger partial charge < -0.3 is 15.0 Å². The van der Waals surface area contributed by atoms with Gasteiger partial charge in [-0.2, -0.15) is 0 Å². The standard InChI is InChI=1S/C28H32N2O3S/c1-21-12-14-25(15-13-21)34-17-16-27(31)30(20-23-10-7-11-24(18-23)33-3)26(28(32)29-2)19-22-8-5-4-6-9-22/h4-15,18,26H,16-17,19-20H2,1-3H3,(H,29,32). The summed E-state index contributed by atoms with van der Waals surface area (Å²) in [6.07, 6.45) is 0.784. The van der Waals surface area contributed by atoms with E-state index in [2.05, 4.69) is 36.5 Å². The average Bonchev–Trinajstić information content (AvgIpc) is 2.87. The first-order valence-electron chi connectivity index (χ1n) is 11.4. The Balaban J connectivity index is 1.81. The molecule has 3 aromatic carbocycles. The lowest BCUT2D eigenvalue weighted by Gasteiger charge is -2.31. The Morgan fingerprint density at radius 1 is 0.971 bits per heavy atom. The molecule has 2 amide bonds. The number of amides is 2. The molecule has 1 N–H and O–H groups in total. The Kier molecular flexibility index (Phi) is 9.59. The minimum atomic E-state index is -0.615. The highest BCUT2D eigenvalue weighted by Crippen LogP contribution is 2.22. The first-order chi connectivity index (χ1) is 16.5. The van der Waals surface area contributed by atoms with Crippen molar-refractivity contribution in [3.8, 4) is 5.75 Å². The van der Waals surface area contributed by atoms with Crippen molar-refractivity contribution < 1.29 is 14.3 Å². The number of ether oxygens (including phenoxy) is 1. The molecule has 5 nitrogen and oxygen atoms in total.